The molecule has 0 saturated heterocycles. The third-order valence-electron chi connectivity index (χ3n) is 4.24. The van der Waals surface area contributed by atoms with Crippen molar-refractivity contribution in [3.63, 3.8) is 0 Å². The van der Waals surface area contributed by atoms with Gasteiger partial charge in [-0.1, -0.05) is 0 Å². The summed E-state index contributed by atoms with van der Waals surface area (Å²) >= 11 is 0. The number of hydrogen-bond donors (Lipinski definition) is 0. The molecule has 38 heavy (non-hydrogen) atoms. The Bertz CT molecular complexity index is 524. The lowest BCUT2D eigenvalue weighted by atomic mass is 10.2. The number of hydrogen-bond acceptors (Lipinski definition) is 11. The van der Waals surface area contributed by atoms with Gasteiger partial charge >= 0.3 is 5.97 Å². The lowest BCUT2D eigenvalue weighted by Crippen LogP contribution is -2.27. The molecule has 0 aromatic carbocycles. The summed E-state index contributed by atoms with van der Waals surface area (Å²) in [5, 5.41) is 0. The van der Waals surface area contributed by atoms with E-state index in [9.17, 15) is 4.79 Å². The number of carbonyl (C=O) groups is 1. The summed E-state index contributed by atoms with van der Waals surface area (Å²) in [5.74, 6) is -0.260. The van der Waals surface area contributed by atoms with Crippen molar-refractivity contribution in [3.8, 4) is 0 Å². The maximum atomic E-state index is 11.5. The quantitative estimate of drug-likeness (QED) is 0.0787. The van der Waals surface area contributed by atoms with E-state index in [0.29, 0.717) is 112 Å². The van der Waals surface area contributed by atoms with E-state index >= 15 is 0 Å². The predicted molar refractivity (Wildman–Crippen MR) is 146 cm³/mol. The molecule has 0 N–H and O–H groups in total. The van der Waals surface area contributed by atoms with E-state index in [1.54, 1.807) is 0 Å². The third kappa shape index (κ3) is 33.4. The molecule has 0 heterocycles. The van der Waals surface area contributed by atoms with E-state index in [2.05, 4.69) is 19.6 Å². The fourth-order valence-electron chi connectivity index (χ4n) is 2.60. The Morgan fingerprint density at radius 2 is 0.737 bits per heavy atom. The molecule has 0 rings (SSSR count). The average molecular weight is 571 g/mol. The average Bonchev–Trinajstić information content (AvgIpc) is 2.81. The minimum Gasteiger partial charge on any atom is -0.460 e. The number of carbonyl (C=O) groups excluding carboxylic acids is 1. The van der Waals surface area contributed by atoms with Crippen molar-refractivity contribution in [2.75, 3.05) is 112 Å². The Morgan fingerprint density at radius 3 is 1.00 bits per heavy atom. The zero-order valence-corrected chi connectivity index (χ0v) is 25.7. The SMILES string of the molecule is CC(C)(C)OC(=O)CCOCCOCCOCCOCCOCCOCCOCCOCCO[Si](C)(C)C. The van der Waals surface area contributed by atoms with Crippen LogP contribution in [0.25, 0.3) is 0 Å². The van der Waals surface area contributed by atoms with Crippen LogP contribution >= 0.6 is 0 Å². The zero-order valence-electron chi connectivity index (χ0n) is 24.7. The maximum absolute atomic E-state index is 11.5. The fourth-order valence-corrected chi connectivity index (χ4v) is 3.29. The van der Waals surface area contributed by atoms with Crippen LogP contribution in [0.15, 0.2) is 0 Å². The van der Waals surface area contributed by atoms with Crippen molar-refractivity contribution in [3.05, 3.63) is 0 Å². The second-order valence-corrected chi connectivity index (χ2v) is 14.7. The Balaban J connectivity index is 3.12. The molecule has 0 amide bonds. The first-order chi connectivity index (χ1) is 18.1. The number of ether oxygens (including phenoxy) is 9. The molecular formula is C26H54O11Si. The van der Waals surface area contributed by atoms with Crippen molar-refractivity contribution < 1.29 is 51.9 Å². The molecule has 0 saturated carbocycles. The summed E-state index contributed by atoms with van der Waals surface area (Å²) in [6.07, 6.45) is 0.238. The molecule has 12 heteroatoms. The highest BCUT2D eigenvalue weighted by molar-refractivity contribution is 6.69. The van der Waals surface area contributed by atoms with Gasteiger partial charge in [0.05, 0.1) is 119 Å². The molecule has 0 radical (unpaired) electrons. The molecule has 0 bridgehead atoms. The fraction of sp³-hybridized carbons (Fsp3) is 0.962. The lowest BCUT2D eigenvalue weighted by molar-refractivity contribution is -0.156. The van der Waals surface area contributed by atoms with Crippen LogP contribution in [0.1, 0.15) is 27.2 Å². The monoisotopic (exact) mass is 570 g/mol. The van der Waals surface area contributed by atoms with Gasteiger partial charge in [0.25, 0.3) is 0 Å². The highest BCUT2D eigenvalue weighted by Crippen LogP contribution is 2.08. The smallest absolute Gasteiger partial charge is 0.308 e. The number of rotatable bonds is 28. The van der Waals surface area contributed by atoms with Crippen molar-refractivity contribution >= 4 is 14.3 Å². The highest BCUT2D eigenvalue weighted by atomic mass is 28.4. The van der Waals surface area contributed by atoms with Crippen LogP contribution in [0, 0.1) is 0 Å². The molecule has 0 fully saturated rings. The van der Waals surface area contributed by atoms with E-state index in [1.165, 1.54) is 0 Å². The second-order valence-electron chi connectivity index (χ2n) is 10.2. The molecule has 0 aliphatic carbocycles. The first kappa shape index (κ1) is 37.3. The van der Waals surface area contributed by atoms with Gasteiger partial charge < -0.3 is 47.1 Å². The summed E-state index contributed by atoms with van der Waals surface area (Å²) in [6, 6.07) is 0. The summed E-state index contributed by atoms with van der Waals surface area (Å²) in [6.45, 7) is 20.6. The van der Waals surface area contributed by atoms with Crippen LogP contribution in [-0.2, 0) is 51.9 Å². The predicted octanol–water partition coefficient (Wildman–Crippen LogP) is 2.70. The minimum atomic E-state index is -1.45. The van der Waals surface area contributed by atoms with E-state index in [-0.39, 0.29) is 12.4 Å². The van der Waals surface area contributed by atoms with Crippen LogP contribution in [0.5, 0.6) is 0 Å². The van der Waals surface area contributed by atoms with E-state index < -0.39 is 13.9 Å². The molecule has 0 unspecified atom stereocenters. The Kier molecular flexibility index (Phi) is 24.9. The largest absolute Gasteiger partial charge is 0.460 e. The molecule has 0 aliphatic heterocycles. The van der Waals surface area contributed by atoms with Gasteiger partial charge in [0.2, 0.25) is 0 Å². The maximum Gasteiger partial charge on any atom is 0.308 e. The van der Waals surface area contributed by atoms with Gasteiger partial charge in [0.15, 0.2) is 8.32 Å². The first-order valence-corrected chi connectivity index (χ1v) is 17.0. The standard InChI is InChI=1S/C26H54O11Si/c1-26(2,3)37-25(27)7-8-28-9-10-29-11-12-30-13-14-31-15-16-32-17-18-33-19-20-34-21-22-35-23-24-36-38(4,5)6/h7-24H2,1-6H3. The van der Waals surface area contributed by atoms with Gasteiger partial charge in [0, 0.05) is 0 Å². The highest BCUT2D eigenvalue weighted by Gasteiger charge is 2.15. The minimum absolute atomic E-state index is 0.238. The summed E-state index contributed by atoms with van der Waals surface area (Å²) in [4.78, 5) is 11.5. The zero-order chi connectivity index (χ0) is 28.4. The Hall–Kier alpha value is -0.673. The second kappa shape index (κ2) is 25.3. The van der Waals surface area contributed by atoms with E-state index in [0.717, 1.165) is 0 Å². The van der Waals surface area contributed by atoms with Gasteiger partial charge in [-0.05, 0) is 40.4 Å². The van der Waals surface area contributed by atoms with E-state index in [1.807, 2.05) is 20.8 Å². The van der Waals surface area contributed by atoms with Gasteiger partial charge in [-0.25, -0.2) is 0 Å². The van der Waals surface area contributed by atoms with Crippen LogP contribution < -0.4 is 0 Å². The molecular weight excluding hydrogens is 516 g/mol. The Labute approximate surface area is 231 Å². The third-order valence-corrected chi connectivity index (χ3v) is 5.31. The van der Waals surface area contributed by atoms with E-state index in [4.69, 9.17) is 47.1 Å². The van der Waals surface area contributed by atoms with Gasteiger partial charge in [-0.2, -0.15) is 0 Å². The summed E-state index contributed by atoms with van der Waals surface area (Å²) < 4.78 is 54.4. The van der Waals surface area contributed by atoms with Crippen molar-refractivity contribution in [2.24, 2.45) is 0 Å². The van der Waals surface area contributed by atoms with Crippen LogP contribution in [0.4, 0.5) is 0 Å². The topological polar surface area (TPSA) is 109 Å². The van der Waals surface area contributed by atoms with Crippen LogP contribution in [-0.4, -0.2) is 132 Å². The molecule has 228 valence electrons. The molecule has 0 aliphatic rings. The van der Waals surface area contributed by atoms with Crippen LogP contribution in [0.2, 0.25) is 19.6 Å². The van der Waals surface area contributed by atoms with Crippen molar-refractivity contribution in [1.29, 1.82) is 0 Å². The summed E-state index contributed by atoms with van der Waals surface area (Å²) in [5.41, 5.74) is -0.467. The van der Waals surface area contributed by atoms with Gasteiger partial charge in [-0.15, -0.1) is 0 Å². The first-order valence-electron chi connectivity index (χ1n) is 13.6. The van der Waals surface area contributed by atoms with Gasteiger partial charge in [-0.3, -0.25) is 4.79 Å². The normalized spacial score (nSPS) is 12.3. The van der Waals surface area contributed by atoms with Crippen molar-refractivity contribution in [1.82, 2.24) is 0 Å². The molecule has 0 aromatic heterocycles. The number of esters is 1. The molecule has 0 atom stereocenters. The lowest BCUT2D eigenvalue weighted by Gasteiger charge is -2.19. The summed E-state index contributed by atoms with van der Waals surface area (Å²) in [7, 11) is -1.45. The molecule has 0 spiro atoms. The van der Waals surface area contributed by atoms with Crippen LogP contribution in [0.3, 0.4) is 0 Å². The van der Waals surface area contributed by atoms with Gasteiger partial charge in [0.1, 0.15) is 5.60 Å². The molecule has 11 nitrogen and oxygen atoms in total. The Morgan fingerprint density at radius 1 is 0.474 bits per heavy atom. The molecule has 0 aromatic rings. The van der Waals surface area contributed by atoms with Crippen molar-refractivity contribution in [2.45, 2.75) is 52.4 Å².